The number of likely N-dealkylation sites (tertiary alicyclic amines) is 1. The van der Waals surface area contributed by atoms with Gasteiger partial charge in [0.05, 0.1) is 28.4 Å². The molecular weight excluding hydrogens is 309 g/mol. The SMILES string of the molecule is CC(C)(C)OC(=O)N1CCC[C@@H]([S@](=O)c2ncc(F)cn2)C1. The molecule has 0 bridgehead atoms. The van der Waals surface area contributed by atoms with Crippen LogP contribution in [0.4, 0.5) is 9.18 Å². The molecule has 0 N–H and O–H groups in total. The van der Waals surface area contributed by atoms with Crippen LogP contribution in [0, 0.1) is 5.82 Å². The Labute approximate surface area is 131 Å². The van der Waals surface area contributed by atoms with E-state index in [9.17, 15) is 13.4 Å². The Morgan fingerprint density at radius 2 is 2.05 bits per heavy atom. The number of ether oxygens (including phenoxy) is 1. The van der Waals surface area contributed by atoms with Crippen LogP contribution in [0.15, 0.2) is 17.6 Å². The van der Waals surface area contributed by atoms with E-state index in [2.05, 4.69) is 9.97 Å². The zero-order valence-corrected chi connectivity index (χ0v) is 13.7. The zero-order chi connectivity index (χ0) is 16.3. The molecule has 2 rings (SSSR count). The van der Waals surface area contributed by atoms with Gasteiger partial charge in [-0.05, 0) is 33.6 Å². The normalized spacial score (nSPS) is 20.5. The molecule has 1 saturated heterocycles. The largest absolute Gasteiger partial charge is 0.444 e. The van der Waals surface area contributed by atoms with Crippen molar-refractivity contribution < 1.29 is 18.1 Å². The number of hydrogen-bond donors (Lipinski definition) is 0. The van der Waals surface area contributed by atoms with Gasteiger partial charge in [0.15, 0.2) is 5.82 Å². The molecule has 0 spiro atoms. The number of hydrogen-bond acceptors (Lipinski definition) is 5. The lowest BCUT2D eigenvalue weighted by Gasteiger charge is -2.33. The van der Waals surface area contributed by atoms with E-state index >= 15 is 0 Å². The predicted octanol–water partition coefficient (Wildman–Crippen LogP) is 2.12. The first-order chi connectivity index (χ1) is 10.3. The fourth-order valence-electron chi connectivity index (χ4n) is 2.16. The van der Waals surface area contributed by atoms with Gasteiger partial charge in [-0.1, -0.05) is 0 Å². The van der Waals surface area contributed by atoms with Crippen molar-refractivity contribution in [3.63, 3.8) is 0 Å². The quantitative estimate of drug-likeness (QED) is 0.777. The summed E-state index contributed by atoms with van der Waals surface area (Å²) in [4.78, 5) is 21.2. The average molecular weight is 329 g/mol. The number of carbonyl (C=O) groups excluding carboxylic acids is 1. The summed E-state index contributed by atoms with van der Waals surface area (Å²) in [5, 5.41) is -0.177. The second-order valence-electron chi connectivity index (χ2n) is 6.17. The van der Waals surface area contributed by atoms with Gasteiger partial charge < -0.3 is 9.64 Å². The van der Waals surface area contributed by atoms with Crippen LogP contribution in [0.3, 0.4) is 0 Å². The molecule has 2 heterocycles. The van der Waals surface area contributed by atoms with Crippen molar-refractivity contribution in [2.24, 2.45) is 0 Å². The molecule has 0 radical (unpaired) electrons. The summed E-state index contributed by atoms with van der Waals surface area (Å²) in [7, 11) is -1.48. The smallest absolute Gasteiger partial charge is 0.410 e. The van der Waals surface area contributed by atoms with E-state index in [4.69, 9.17) is 4.74 Å². The fraction of sp³-hybridized carbons (Fsp3) is 0.643. The maximum absolute atomic E-state index is 12.8. The van der Waals surface area contributed by atoms with Gasteiger partial charge in [0.25, 0.3) is 0 Å². The van der Waals surface area contributed by atoms with Gasteiger partial charge in [0.2, 0.25) is 5.16 Å². The van der Waals surface area contributed by atoms with Crippen LogP contribution in [0.25, 0.3) is 0 Å². The number of rotatable bonds is 2. The second kappa shape index (κ2) is 6.68. The molecular formula is C14H20FN3O3S. The van der Waals surface area contributed by atoms with Crippen LogP contribution in [0.1, 0.15) is 33.6 Å². The summed E-state index contributed by atoms with van der Waals surface area (Å²) < 4.78 is 30.6. The topological polar surface area (TPSA) is 72.4 Å². The first kappa shape index (κ1) is 16.8. The number of nitrogens with zero attached hydrogens (tertiary/aromatic N) is 3. The highest BCUT2D eigenvalue weighted by atomic mass is 32.2. The minimum Gasteiger partial charge on any atom is -0.444 e. The van der Waals surface area contributed by atoms with Gasteiger partial charge in [0.1, 0.15) is 5.60 Å². The minimum atomic E-state index is -1.48. The highest BCUT2D eigenvalue weighted by Crippen LogP contribution is 2.20. The van der Waals surface area contributed by atoms with E-state index in [1.54, 1.807) is 25.7 Å². The van der Waals surface area contributed by atoms with Crippen molar-refractivity contribution in [3.8, 4) is 0 Å². The molecule has 1 aliphatic rings. The Hall–Kier alpha value is -1.57. The molecule has 122 valence electrons. The molecule has 1 aromatic heterocycles. The molecule has 1 aromatic rings. The van der Waals surface area contributed by atoms with Gasteiger partial charge in [-0.3, -0.25) is 4.21 Å². The molecule has 8 heteroatoms. The molecule has 0 saturated carbocycles. The number of amides is 1. The lowest BCUT2D eigenvalue weighted by molar-refractivity contribution is 0.0219. The van der Waals surface area contributed by atoms with E-state index in [0.717, 1.165) is 18.8 Å². The van der Waals surface area contributed by atoms with Crippen molar-refractivity contribution in [3.05, 3.63) is 18.2 Å². The Bertz CT molecular complexity index is 559. The van der Waals surface area contributed by atoms with Gasteiger partial charge >= 0.3 is 6.09 Å². The Morgan fingerprint density at radius 1 is 1.41 bits per heavy atom. The van der Waals surface area contributed by atoms with E-state index in [0.29, 0.717) is 19.5 Å². The van der Waals surface area contributed by atoms with Crippen LogP contribution in [0.2, 0.25) is 0 Å². The Kier molecular flexibility index (Phi) is 5.10. The number of piperidine rings is 1. The molecule has 0 aromatic carbocycles. The van der Waals surface area contributed by atoms with Crippen LogP contribution < -0.4 is 0 Å². The summed E-state index contributed by atoms with van der Waals surface area (Å²) in [6.07, 6.45) is 3.02. The first-order valence-corrected chi connectivity index (χ1v) is 8.33. The standard InChI is InChI=1S/C14H20FN3O3S/c1-14(2,3)21-13(19)18-6-4-5-11(9-18)22(20)12-16-7-10(15)8-17-12/h7-8,11H,4-6,9H2,1-3H3/t11-,22+/m1/s1. The fourth-order valence-corrected chi connectivity index (χ4v) is 3.47. The maximum Gasteiger partial charge on any atom is 0.410 e. The van der Waals surface area contributed by atoms with E-state index in [-0.39, 0.29) is 10.4 Å². The van der Waals surface area contributed by atoms with Gasteiger partial charge in [-0.25, -0.2) is 19.2 Å². The molecule has 2 atom stereocenters. The van der Waals surface area contributed by atoms with Gasteiger partial charge in [-0.2, -0.15) is 0 Å². The highest BCUT2D eigenvalue weighted by Gasteiger charge is 2.31. The van der Waals surface area contributed by atoms with E-state index in [1.807, 2.05) is 0 Å². The highest BCUT2D eigenvalue weighted by molar-refractivity contribution is 7.85. The lowest BCUT2D eigenvalue weighted by Crippen LogP contribution is -2.46. The molecule has 0 unspecified atom stereocenters. The average Bonchev–Trinajstić information content (AvgIpc) is 2.46. The van der Waals surface area contributed by atoms with Crippen LogP contribution in [-0.4, -0.2) is 49.1 Å². The summed E-state index contributed by atoms with van der Waals surface area (Å²) in [6.45, 7) is 6.31. The van der Waals surface area contributed by atoms with Crippen molar-refractivity contribution >= 4 is 16.9 Å². The minimum absolute atomic E-state index is 0.0949. The Balaban J connectivity index is 2.02. The van der Waals surface area contributed by atoms with Crippen molar-refractivity contribution in [2.45, 2.75) is 49.6 Å². The molecule has 1 fully saturated rings. The van der Waals surface area contributed by atoms with Crippen LogP contribution in [0.5, 0.6) is 0 Å². The van der Waals surface area contributed by atoms with Crippen LogP contribution in [-0.2, 0) is 15.5 Å². The third-order valence-corrected chi connectivity index (χ3v) is 4.67. The first-order valence-electron chi connectivity index (χ1n) is 7.12. The second-order valence-corrected chi connectivity index (χ2v) is 7.80. The Morgan fingerprint density at radius 3 is 2.64 bits per heavy atom. The molecule has 0 aliphatic carbocycles. The lowest BCUT2D eigenvalue weighted by atomic mass is 10.1. The number of aromatic nitrogens is 2. The van der Waals surface area contributed by atoms with Gasteiger partial charge in [-0.15, -0.1) is 0 Å². The monoisotopic (exact) mass is 329 g/mol. The summed E-state index contributed by atoms with van der Waals surface area (Å²) >= 11 is 0. The third kappa shape index (κ3) is 4.46. The summed E-state index contributed by atoms with van der Waals surface area (Å²) in [5.41, 5.74) is -0.566. The van der Waals surface area contributed by atoms with E-state index < -0.39 is 28.3 Å². The van der Waals surface area contributed by atoms with Crippen molar-refractivity contribution in [1.82, 2.24) is 14.9 Å². The molecule has 1 amide bonds. The third-order valence-electron chi connectivity index (χ3n) is 3.11. The molecule has 6 nitrogen and oxygen atoms in total. The number of carbonyl (C=O) groups is 1. The number of halogens is 1. The van der Waals surface area contributed by atoms with Gasteiger partial charge in [0, 0.05) is 13.1 Å². The van der Waals surface area contributed by atoms with Crippen molar-refractivity contribution in [1.29, 1.82) is 0 Å². The summed E-state index contributed by atoms with van der Waals surface area (Å²) in [6, 6.07) is 0. The van der Waals surface area contributed by atoms with Crippen molar-refractivity contribution in [2.75, 3.05) is 13.1 Å². The molecule has 1 aliphatic heterocycles. The summed E-state index contributed by atoms with van der Waals surface area (Å²) in [5.74, 6) is -0.570. The predicted molar refractivity (Wildman–Crippen MR) is 79.2 cm³/mol. The maximum atomic E-state index is 12.8. The zero-order valence-electron chi connectivity index (χ0n) is 12.9. The van der Waals surface area contributed by atoms with E-state index in [1.165, 1.54) is 0 Å². The molecule has 22 heavy (non-hydrogen) atoms. The van der Waals surface area contributed by atoms with Crippen LogP contribution >= 0.6 is 0 Å².